The van der Waals surface area contributed by atoms with Gasteiger partial charge in [-0.1, -0.05) is 18.2 Å². The van der Waals surface area contributed by atoms with Crippen molar-refractivity contribution < 1.29 is 22.7 Å². The molecule has 7 heteroatoms. The molecule has 1 amide bonds. The minimum Gasteiger partial charge on any atom is -0.465 e. The first-order valence-corrected chi connectivity index (χ1v) is 8.29. The molecule has 1 aromatic rings. The van der Waals surface area contributed by atoms with Gasteiger partial charge in [0, 0.05) is 13.5 Å². The van der Waals surface area contributed by atoms with Crippen LogP contribution in [0, 0.1) is 0 Å². The highest BCUT2D eigenvalue weighted by Gasteiger charge is 2.15. The molecule has 0 bridgehead atoms. The maximum atomic E-state index is 11.9. The molecule has 0 aliphatic rings. The van der Waals surface area contributed by atoms with E-state index in [-0.39, 0.29) is 30.4 Å². The Morgan fingerprint density at radius 2 is 1.86 bits per heavy atom. The maximum Gasteiger partial charge on any atom is 0.338 e. The molecule has 0 aliphatic heterocycles. The van der Waals surface area contributed by atoms with Gasteiger partial charge in [0.25, 0.3) is 0 Å². The van der Waals surface area contributed by atoms with Gasteiger partial charge in [-0.2, -0.15) is 0 Å². The molecule has 1 N–H and O–H groups in total. The molecule has 1 rings (SSSR count). The van der Waals surface area contributed by atoms with E-state index in [0.29, 0.717) is 11.1 Å². The second-order valence-electron chi connectivity index (χ2n) is 4.53. The van der Waals surface area contributed by atoms with Crippen molar-refractivity contribution in [1.82, 2.24) is 5.32 Å². The fourth-order valence-corrected chi connectivity index (χ4v) is 2.95. The second-order valence-corrected chi connectivity index (χ2v) is 6.84. The molecule has 0 fully saturated rings. The van der Waals surface area contributed by atoms with Gasteiger partial charge in [0.05, 0.1) is 24.2 Å². The van der Waals surface area contributed by atoms with Crippen molar-refractivity contribution in [3.63, 3.8) is 0 Å². The highest BCUT2D eigenvalue weighted by atomic mass is 32.2. The second kappa shape index (κ2) is 7.78. The maximum absolute atomic E-state index is 11.9. The van der Waals surface area contributed by atoms with Crippen molar-refractivity contribution in [3.8, 4) is 0 Å². The average molecular weight is 313 g/mol. The van der Waals surface area contributed by atoms with Crippen LogP contribution in [0.15, 0.2) is 24.3 Å². The summed E-state index contributed by atoms with van der Waals surface area (Å²) in [6.07, 6.45) is 0.230. The first-order valence-electron chi connectivity index (χ1n) is 6.47. The number of rotatable bonds is 7. The van der Waals surface area contributed by atoms with Crippen LogP contribution in [0.4, 0.5) is 0 Å². The summed E-state index contributed by atoms with van der Waals surface area (Å²) >= 11 is 0. The number of sulfone groups is 1. The third kappa shape index (κ3) is 5.95. The predicted molar refractivity (Wildman–Crippen MR) is 78.8 cm³/mol. The van der Waals surface area contributed by atoms with E-state index in [0.717, 1.165) is 0 Å². The van der Waals surface area contributed by atoms with Gasteiger partial charge in [-0.15, -0.1) is 0 Å². The smallest absolute Gasteiger partial charge is 0.338 e. The van der Waals surface area contributed by atoms with Gasteiger partial charge in [-0.25, -0.2) is 13.2 Å². The van der Waals surface area contributed by atoms with E-state index in [9.17, 15) is 18.0 Å². The molecule has 0 aromatic heterocycles. The van der Waals surface area contributed by atoms with Crippen molar-refractivity contribution in [2.24, 2.45) is 0 Å². The van der Waals surface area contributed by atoms with Crippen LogP contribution in [-0.4, -0.2) is 45.5 Å². The number of methoxy groups -OCH3 is 1. The fourth-order valence-electron chi connectivity index (χ4n) is 1.80. The van der Waals surface area contributed by atoms with Crippen LogP contribution >= 0.6 is 0 Å². The van der Waals surface area contributed by atoms with E-state index in [1.54, 1.807) is 24.3 Å². The summed E-state index contributed by atoms with van der Waals surface area (Å²) in [5, 5.41) is 2.45. The molecule has 0 radical (unpaired) electrons. The summed E-state index contributed by atoms with van der Waals surface area (Å²) < 4.78 is 28.4. The predicted octanol–water partition coefficient (Wildman–Crippen LogP) is 0.567. The van der Waals surface area contributed by atoms with Crippen LogP contribution < -0.4 is 5.32 Å². The monoisotopic (exact) mass is 313 g/mol. The van der Waals surface area contributed by atoms with Gasteiger partial charge in [0.15, 0.2) is 9.84 Å². The molecule has 0 heterocycles. The number of amides is 1. The van der Waals surface area contributed by atoms with Gasteiger partial charge in [-0.05, 0) is 18.1 Å². The van der Waals surface area contributed by atoms with Crippen LogP contribution in [-0.2, 0) is 25.8 Å². The molecule has 0 saturated carbocycles. The summed E-state index contributed by atoms with van der Waals surface area (Å²) in [5.74, 6) is -0.949. The van der Waals surface area contributed by atoms with Crippen molar-refractivity contribution in [3.05, 3.63) is 35.4 Å². The Balaban J connectivity index is 2.66. The highest BCUT2D eigenvalue weighted by Crippen LogP contribution is 2.12. The van der Waals surface area contributed by atoms with Gasteiger partial charge in [-0.3, -0.25) is 4.79 Å². The number of nitrogens with one attached hydrogen (secondary N) is 1. The summed E-state index contributed by atoms with van der Waals surface area (Å²) in [7, 11) is -2.01. The molecule has 0 saturated heterocycles. The zero-order valence-electron chi connectivity index (χ0n) is 12.1. The molecule has 116 valence electrons. The van der Waals surface area contributed by atoms with Crippen LogP contribution in [0.3, 0.4) is 0 Å². The molecular weight excluding hydrogens is 294 g/mol. The molecule has 21 heavy (non-hydrogen) atoms. The van der Waals surface area contributed by atoms with E-state index in [4.69, 9.17) is 0 Å². The quantitative estimate of drug-likeness (QED) is 0.743. The minimum atomic E-state index is -3.29. The lowest BCUT2D eigenvalue weighted by molar-refractivity contribution is -0.118. The third-order valence-corrected chi connectivity index (χ3v) is 4.54. The lowest BCUT2D eigenvalue weighted by Crippen LogP contribution is -2.28. The Bertz CT molecular complexity index is 610. The summed E-state index contributed by atoms with van der Waals surface area (Å²) in [4.78, 5) is 22.3. The summed E-state index contributed by atoms with van der Waals surface area (Å²) in [6, 6.07) is 6.74. The Kier molecular flexibility index (Phi) is 6.36. The summed E-state index contributed by atoms with van der Waals surface area (Å²) in [5.41, 5.74) is 1.00. The fraction of sp³-hybridized carbons (Fsp3) is 0.429. The lowest BCUT2D eigenvalue weighted by Gasteiger charge is -2.08. The van der Waals surface area contributed by atoms with Crippen molar-refractivity contribution >= 4 is 21.7 Å². The van der Waals surface area contributed by atoms with Crippen LogP contribution in [0.1, 0.15) is 22.8 Å². The molecule has 0 spiro atoms. The standard InChI is InChI=1S/C14H19NO5S/c1-11(16)15-8-10-21(18,19)9-7-12-5-3-4-6-13(12)14(17)20-2/h3-6H,7-10H2,1-2H3,(H,15,16). The number of carbonyl (C=O) groups is 2. The van der Waals surface area contributed by atoms with Gasteiger partial charge in [0.2, 0.25) is 5.91 Å². The lowest BCUT2D eigenvalue weighted by atomic mass is 10.1. The van der Waals surface area contributed by atoms with Gasteiger partial charge in [0.1, 0.15) is 0 Å². The number of benzene rings is 1. The van der Waals surface area contributed by atoms with E-state index in [1.165, 1.54) is 14.0 Å². The van der Waals surface area contributed by atoms with Crippen LogP contribution in [0.2, 0.25) is 0 Å². The van der Waals surface area contributed by atoms with Gasteiger partial charge >= 0.3 is 5.97 Å². The Hall–Kier alpha value is -1.89. The number of hydrogen-bond donors (Lipinski definition) is 1. The number of aryl methyl sites for hydroxylation is 1. The molecule has 0 atom stereocenters. The van der Waals surface area contributed by atoms with E-state index in [1.807, 2.05) is 0 Å². The summed E-state index contributed by atoms with van der Waals surface area (Å²) in [6.45, 7) is 1.43. The number of ether oxygens (including phenoxy) is 1. The Morgan fingerprint density at radius 3 is 2.48 bits per heavy atom. The van der Waals surface area contributed by atoms with Crippen molar-refractivity contribution in [2.75, 3.05) is 25.2 Å². The van der Waals surface area contributed by atoms with Crippen LogP contribution in [0.25, 0.3) is 0 Å². The first-order chi connectivity index (χ1) is 9.85. The average Bonchev–Trinajstić information content (AvgIpc) is 2.44. The zero-order chi connectivity index (χ0) is 15.9. The SMILES string of the molecule is COC(=O)c1ccccc1CCS(=O)(=O)CCNC(C)=O. The molecular formula is C14H19NO5S. The van der Waals surface area contributed by atoms with E-state index in [2.05, 4.69) is 10.1 Å². The number of esters is 1. The molecule has 0 aliphatic carbocycles. The zero-order valence-corrected chi connectivity index (χ0v) is 12.9. The Labute approximate surface area is 124 Å². The van der Waals surface area contributed by atoms with Crippen molar-refractivity contribution in [2.45, 2.75) is 13.3 Å². The number of hydrogen-bond acceptors (Lipinski definition) is 5. The number of carbonyl (C=O) groups excluding carboxylic acids is 2. The highest BCUT2D eigenvalue weighted by molar-refractivity contribution is 7.91. The topological polar surface area (TPSA) is 89.5 Å². The van der Waals surface area contributed by atoms with Crippen molar-refractivity contribution in [1.29, 1.82) is 0 Å². The van der Waals surface area contributed by atoms with E-state index >= 15 is 0 Å². The first kappa shape index (κ1) is 17.2. The molecule has 0 unspecified atom stereocenters. The van der Waals surface area contributed by atoms with E-state index < -0.39 is 15.8 Å². The largest absolute Gasteiger partial charge is 0.465 e. The third-order valence-electron chi connectivity index (χ3n) is 2.89. The molecule has 1 aromatic carbocycles. The van der Waals surface area contributed by atoms with Crippen LogP contribution in [0.5, 0.6) is 0 Å². The van der Waals surface area contributed by atoms with Gasteiger partial charge < -0.3 is 10.1 Å². The minimum absolute atomic E-state index is 0.0827. The Morgan fingerprint density at radius 1 is 1.19 bits per heavy atom. The molecule has 6 nitrogen and oxygen atoms in total. The normalized spacial score (nSPS) is 11.0.